The summed E-state index contributed by atoms with van der Waals surface area (Å²) in [6.45, 7) is 5.25. The molecule has 0 aliphatic carbocycles. The number of hydrogen-bond acceptors (Lipinski definition) is 5. The van der Waals surface area contributed by atoms with E-state index in [1.54, 1.807) is 0 Å². The second kappa shape index (κ2) is 7.36. The molecular formula is C13H22O5. The highest BCUT2D eigenvalue weighted by Crippen LogP contribution is 2.28. The van der Waals surface area contributed by atoms with E-state index in [2.05, 4.69) is 0 Å². The molecule has 0 unspecified atom stereocenters. The maximum Gasteiger partial charge on any atom is 0.302 e. The summed E-state index contributed by atoms with van der Waals surface area (Å²) in [5, 5.41) is 0. The van der Waals surface area contributed by atoms with Gasteiger partial charge in [0.1, 0.15) is 6.10 Å². The third-order valence-electron chi connectivity index (χ3n) is 2.97. The van der Waals surface area contributed by atoms with Crippen molar-refractivity contribution in [3.63, 3.8) is 0 Å². The Morgan fingerprint density at radius 2 is 2.00 bits per heavy atom. The normalized spacial score (nSPS) is 26.9. The Kier molecular flexibility index (Phi) is 6.12. The number of ether oxygens (including phenoxy) is 3. The van der Waals surface area contributed by atoms with Crippen molar-refractivity contribution < 1.29 is 23.8 Å². The van der Waals surface area contributed by atoms with Gasteiger partial charge in [-0.25, -0.2) is 0 Å². The van der Waals surface area contributed by atoms with Crippen LogP contribution in [0.2, 0.25) is 0 Å². The first kappa shape index (κ1) is 15.0. The third-order valence-corrected chi connectivity index (χ3v) is 2.97. The summed E-state index contributed by atoms with van der Waals surface area (Å²) >= 11 is 0. The second-order valence-electron chi connectivity index (χ2n) is 4.57. The Hall–Kier alpha value is -1.10. The van der Waals surface area contributed by atoms with Gasteiger partial charge in [0, 0.05) is 20.3 Å². The number of carbonyl (C=O) groups excluding carboxylic acids is 2. The Morgan fingerprint density at radius 1 is 1.28 bits per heavy atom. The predicted molar refractivity (Wildman–Crippen MR) is 65.0 cm³/mol. The van der Waals surface area contributed by atoms with Crippen molar-refractivity contribution in [2.45, 2.75) is 64.8 Å². The van der Waals surface area contributed by atoms with Gasteiger partial charge in [0.15, 0.2) is 0 Å². The van der Waals surface area contributed by atoms with Crippen molar-refractivity contribution in [3.8, 4) is 0 Å². The van der Waals surface area contributed by atoms with Crippen LogP contribution in [0.15, 0.2) is 0 Å². The van der Waals surface area contributed by atoms with Crippen molar-refractivity contribution in [2.75, 3.05) is 6.61 Å². The molecule has 0 radical (unpaired) electrons. The minimum atomic E-state index is -0.261. The summed E-state index contributed by atoms with van der Waals surface area (Å²) in [4.78, 5) is 21.6. The average Bonchev–Trinajstić information content (AvgIpc) is 2.65. The Labute approximate surface area is 108 Å². The zero-order chi connectivity index (χ0) is 13.5. The summed E-state index contributed by atoms with van der Waals surface area (Å²) in [5.74, 6) is -0.519. The van der Waals surface area contributed by atoms with E-state index >= 15 is 0 Å². The molecule has 5 nitrogen and oxygen atoms in total. The van der Waals surface area contributed by atoms with E-state index in [1.165, 1.54) is 13.8 Å². The molecular weight excluding hydrogens is 236 g/mol. The highest BCUT2D eigenvalue weighted by Gasteiger charge is 2.35. The van der Waals surface area contributed by atoms with E-state index in [9.17, 15) is 9.59 Å². The van der Waals surface area contributed by atoms with Gasteiger partial charge in [-0.15, -0.1) is 0 Å². The fourth-order valence-electron chi connectivity index (χ4n) is 2.21. The number of hydrogen-bond donors (Lipinski definition) is 0. The Balaban J connectivity index is 2.28. The molecule has 0 N–H and O–H groups in total. The largest absolute Gasteiger partial charge is 0.466 e. The lowest BCUT2D eigenvalue weighted by molar-refractivity contribution is -0.149. The van der Waals surface area contributed by atoms with Gasteiger partial charge in [-0.3, -0.25) is 9.59 Å². The maximum absolute atomic E-state index is 11.0. The highest BCUT2D eigenvalue weighted by atomic mass is 16.6. The SMILES string of the molecule is CC[C@@H]1O[C@H](CCCOC(C)=O)C[C@@H]1OC(C)=O. The molecule has 104 valence electrons. The van der Waals surface area contributed by atoms with Crippen LogP contribution in [0.25, 0.3) is 0 Å². The summed E-state index contributed by atoms with van der Waals surface area (Å²) in [6.07, 6.45) is 3.11. The van der Waals surface area contributed by atoms with Gasteiger partial charge < -0.3 is 14.2 Å². The summed E-state index contributed by atoms with van der Waals surface area (Å²) in [7, 11) is 0. The lowest BCUT2D eigenvalue weighted by atomic mass is 10.1. The molecule has 1 heterocycles. The van der Waals surface area contributed by atoms with Gasteiger partial charge in [-0.05, 0) is 19.3 Å². The van der Waals surface area contributed by atoms with E-state index in [0.29, 0.717) is 6.61 Å². The maximum atomic E-state index is 11.0. The smallest absolute Gasteiger partial charge is 0.302 e. The summed E-state index contributed by atoms with van der Waals surface area (Å²) in [6, 6.07) is 0. The van der Waals surface area contributed by atoms with Crippen molar-refractivity contribution >= 4 is 11.9 Å². The standard InChI is InChI=1S/C13H22O5/c1-4-12-13(17-10(3)15)8-11(18-12)6-5-7-16-9(2)14/h11-13H,4-8H2,1-3H3/t11-,12+,13+/m1/s1. The van der Waals surface area contributed by atoms with E-state index in [1.807, 2.05) is 6.92 Å². The van der Waals surface area contributed by atoms with Crippen LogP contribution in [-0.2, 0) is 23.8 Å². The molecule has 0 bridgehead atoms. The van der Waals surface area contributed by atoms with E-state index in [-0.39, 0.29) is 30.3 Å². The number of carbonyl (C=O) groups is 2. The lowest BCUT2D eigenvalue weighted by Crippen LogP contribution is -2.25. The molecule has 5 heteroatoms. The van der Waals surface area contributed by atoms with E-state index < -0.39 is 0 Å². The monoisotopic (exact) mass is 258 g/mol. The zero-order valence-corrected chi connectivity index (χ0v) is 11.3. The molecule has 3 atom stereocenters. The first-order valence-corrected chi connectivity index (χ1v) is 6.49. The molecule has 1 fully saturated rings. The van der Waals surface area contributed by atoms with Crippen molar-refractivity contribution in [3.05, 3.63) is 0 Å². The highest BCUT2D eigenvalue weighted by molar-refractivity contribution is 5.66. The van der Waals surface area contributed by atoms with Crippen LogP contribution in [0, 0.1) is 0 Å². The molecule has 0 saturated carbocycles. The van der Waals surface area contributed by atoms with Crippen molar-refractivity contribution in [1.29, 1.82) is 0 Å². The van der Waals surface area contributed by atoms with Gasteiger partial charge in [0.2, 0.25) is 0 Å². The van der Waals surface area contributed by atoms with Crippen LogP contribution in [0.4, 0.5) is 0 Å². The molecule has 0 spiro atoms. The molecule has 18 heavy (non-hydrogen) atoms. The fourth-order valence-corrected chi connectivity index (χ4v) is 2.21. The quantitative estimate of drug-likeness (QED) is 0.537. The minimum absolute atomic E-state index is 0.00683. The van der Waals surface area contributed by atoms with Crippen LogP contribution < -0.4 is 0 Å². The van der Waals surface area contributed by atoms with Crippen LogP contribution in [0.5, 0.6) is 0 Å². The number of esters is 2. The van der Waals surface area contributed by atoms with Gasteiger partial charge in [0.25, 0.3) is 0 Å². The summed E-state index contributed by atoms with van der Waals surface area (Å²) < 4.78 is 15.9. The van der Waals surface area contributed by atoms with Crippen LogP contribution in [0.3, 0.4) is 0 Å². The van der Waals surface area contributed by atoms with Crippen molar-refractivity contribution in [2.24, 2.45) is 0 Å². The van der Waals surface area contributed by atoms with Gasteiger partial charge in [-0.1, -0.05) is 6.92 Å². The molecule has 0 aromatic carbocycles. The average molecular weight is 258 g/mol. The predicted octanol–water partition coefficient (Wildman–Crippen LogP) is 1.83. The van der Waals surface area contributed by atoms with E-state index in [0.717, 1.165) is 25.7 Å². The fraction of sp³-hybridized carbons (Fsp3) is 0.846. The molecule has 1 aliphatic rings. The topological polar surface area (TPSA) is 61.8 Å². The minimum Gasteiger partial charge on any atom is -0.466 e. The van der Waals surface area contributed by atoms with Crippen LogP contribution in [0.1, 0.15) is 46.5 Å². The molecule has 1 aliphatic heterocycles. The Morgan fingerprint density at radius 3 is 2.56 bits per heavy atom. The number of rotatable bonds is 6. The first-order chi connectivity index (χ1) is 8.52. The molecule has 0 aromatic heterocycles. The molecule has 1 saturated heterocycles. The van der Waals surface area contributed by atoms with Crippen LogP contribution >= 0.6 is 0 Å². The summed E-state index contributed by atoms with van der Waals surface area (Å²) in [5.41, 5.74) is 0. The zero-order valence-electron chi connectivity index (χ0n) is 11.3. The van der Waals surface area contributed by atoms with Gasteiger partial charge >= 0.3 is 11.9 Å². The van der Waals surface area contributed by atoms with Crippen LogP contribution in [-0.4, -0.2) is 36.9 Å². The second-order valence-corrected chi connectivity index (χ2v) is 4.57. The lowest BCUT2D eigenvalue weighted by Gasteiger charge is -2.16. The van der Waals surface area contributed by atoms with Crippen molar-refractivity contribution in [1.82, 2.24) is 0 Å². The molecule has 1 rings (SSSR count). The Bertz CT molecular complexity index is 289. The molecule has 0 amide bonds. The third kappa shape index (κ3) is 5.04. The van der Waals surface area contributed by atoms with Gasteiger partial charge in [0.05, 0.1) is 18.8 Å². The molecule has 0 aromatic rings. The van der Waals surface area contributed by atoms with Gasteiger partial charge in [-0.2, -0.15) is 0 Å². The van der Waals surface area contributed by atoms with E-state index in [4.69, 9.17) is 14.2 Å². The first-order valence-electron chi connectivity index (χ1n) is 6.49.